The van der Waals surface area contributed by atoms with Crippen LogP contribution in [0.2, 0.25) is 0 Å². The summed E-state index contributed by atoms with van der Waals surface area (Å²) in [5, 5.41) is 4.11. The molecule has 2 aromatic rings. The molecule has 20 heavy (non-hydrogen) atoms. The molecular weight excluding hydrogens is 254 g/mol. The predicted octanol–water partition coefficient (Wildman–Crippen LogP) is 2.18. The van der Waals surface area contributed by atoms with Gasteiger partial charge in [-0.2, -0.15) is 0 Å². The Kier molecular flexibility index (Phi) is 5.43. The summed E-state index contributed by atoms with van der Waals surface area (Å²) in [6.07, 6.45) is 7.35. The van der Waals surface area contributed by atoms with Crippen LogP contribution in [-0.2, 0) is 4.74 Å². The van der Waals surface area contributed by atoms with Gasteiger partial charge in [0.15, 0.2) is 0 Å². The molecule has 0 spiro atoms. The van der Waals surface area contributed by atoms with Crippen LogP contribution in [0.5, 0.6) is 0 Å². The van der Waals surface area contributed by atoms with E-state index in [-0.39, 0.29) is 5.97 Å². The largest absolute Gasteiger partial charge is 0.465 e. The number of piperidine rings is 1. The van der Waals surface area contributed by atoms with E-state index in [2.05, 4.69) is 20.0 Å². The quantitative estimate of drug-likeness (QED) is 0.807. The first-order chi connectivity index (χ1) is 9.81. The number of ether oxygens (including phenoxy) is 1. The second-order valence-electron chi connectivity index (χ2n) is 4.60. The van der Waals surface area contributed by atoms with Gasteiger partial charge in [0.1, 0.15) is 6.33 Å². The fraction of sp³-hybridized carbons (Fsp3) is 0.400. The van der Waals surface area contributed by atoms with Gasteiger partial charge in [0.05, 0.1) is 18.2 Å². The maximum Gasteiger partial charge on any atom is 0.337 e. The van der Waals surface area contributed by atoms with Crippen molar-refractivity contribution in [2.75, 3.05) is 20.2 Å². The number of hydrogen-bond acceptors (Lipinski definition) is 5. The molecule has 106 valence electrons. The molecule has 2 heterocycles. The average Bonchev–Trinajstić information content (AvgIpc) is 2.56. The third-order valence-electron chi connectivity index (χ3n) is 3.13. The highest BCUT2D eigenvalue weighted by Gasteiger charge is 2.05. The molecule has 1 aliphatic rings. The fourth-order valence-electron chi connectivity index (χ4n) is 2.03. The first-order valence-corrected chi connectivity index (χ1v) is 6.80. The normalized spacial score (nSPS) is 14.2. The summed E-state index contributed by atoms with van der Waals surface area (Å²) in [5.74, 6) is -0.351. The average molecular weight is 273 g/mol. The minimum Gasteiger partial charge on any atom is -0.465 e. The third kappa shape index (κ3) is 3.99. The highest BCUT2D eigenvalue weighted by atomic mass is 16.5. The maximum atomic E-state index is 11.2. The van der Waals surface area contributed by atoms with Crippen molar-refractivity contribution in [1.29, 1.82) is 0 Å². The molecule has 3 rings (SSSR count). The standard InChI is InChI=1S/C10H8N2O2.C5H11N/c1-14-10(13)7-2-3-9-8(4-7)5-11-6-12-9;1-2-4-6-5-3-1/h2-6H,1H3;6H,1-5H2. The van der Waals surface area contributed by atoms with Gasteiger partial charge in [0.2, 0.25) is 0 Å². The molecule has 1 aromatic heterocycles. The van der Waals surface area contributed by atoms with Crippen molar-refractivity contribution in [2.24, 2.45) is 0 Å². The van der Waals surface area contributed by atoms with Gasteiger partial charge in [-0.25, -0.2) is 14.8 Å². The Morgan fingerprint density at radius 3 is 2.65 bits per heavy atom. The lowest BCUT2D eigenvalue weighted by Gasteiger charge is -2.08. The molecule has 0 aliphatic carbocycles. The van der Waals surface area contributed by atoms with Crippen molar-refractivity contribution >= 4 is 16.9 Å². The molecule has 0 radical (unpaired) electrons. The van der Waals surface area contributed by atoms with Gasteiger partial charge in [-0.1, -0.05) is 6.42 Å². The number of aromatic nitrogens is 2. The molecule has 0 saturated carbocycles. The Morgan fingerprint density at radius 1 is 1.25 bits per heavy atom. The van der Waals surface area contributed by atoms with Crippen molar-refractivity contribution in [3.8, 4) is 0 Å². The first-order valence-electron chi connectivity index (χ1n) is 6.80. The molecule has 1 aromatic carbocycles. The molecule has 0 atom stereocenters. The van der Waals surface area contributed by atoms with Crippen LogP contribution < -0.4 is 5.32 Å². The number of hydrogen-bond donors (Lipinski definition) is 1. The van der Waals surface area contributed by atoms with Gasteiger partial charge < -0.3 is 10.1 Å². The van der Waals surface area contributed by atoms with Crippen LogP contribution in [0.4, 0.5) is 0 Å². The smallest absolute Gasteiger partial charge is 0.337 e. The number of rotatable bonds is 1. The fourth-order valence-corrected chi connectivity index (χ4v) is 2.03. The van der Waals surface area contributed by atoms with E-state index >= 15 is 0 Å². The Hall–Kier alpha value is -2.01. The molecule has 1 aliphatic heterocycles. The zero-order chi connectivity index (χ0) is 14.2. The highest BCUT2D eigenvalue weighted by molar-refractivity contribution is 5.94. The molecule has 5 nitrogen and oxygen atoms in total. The number of benzene rings is 1. The number of fused-ring (bicyclic) bond motifs is 1. The van der Waals surface area contributed by atoms with Crippen LogP contribution in [0.15, 0.2) is 30.7 Å². The van der Waals surface area contributed by atoms with Gasteiger partial charge >= 0.3 is 5.97 Å². The monoisotopic (exact) mass is 273 g/mol. The molecule has 0 unspecified atom stereocenters. The van der Waals surface area contributed by atoms with E-state index in [4.69, 9.17) is 0 Å². The molecule has 1 fully saturated rings. The zero-order valence-electron chi connectivity index (χ0n) is 11.6. The minimum atomic E-state index is -0.351. The van der Waals surface area contributed by atoms with Gasteiger partial charge in [-0.3, -0.25) is 0 Å². The molecule has 1 saturated heterocycles. The summed E-state index contributed by atoms with van der Waals surface area (Å²) in [6, 6.07) is 5.16. The topological polar surface area (TPSA) is 64.1 Å². The van der Waals surface area contributed by atoms with E-state index in [0.29, 0.717) is 5.56 Å². The Morgan fingerprint density at radius 2 is 2.05 bits per heavy atom. The molecule has 0 amide bonds. The van der Waals surface area contributed by atoms with E-state index in [1.165, 1.54) is 45.8 Å². The van der Waals surface area contributed by atoms with Gasteiger partial charge in [0, 0.05) is 11.6 Å². The minimum absolute atomic E-state index is 0.351. The second-order valence-corrected chi connectivity index (χ2v) is 4.60. The van der Waals surface area contributed by atoms with Gasteiger partial charge in [-0.05, 0) is 44.1 Å². The zero-order valence-corrected chi connectivity index (χ0v) is 11.6. The summed E-state index contributed by atoms with van der Waals surface area (Å²) in [7, 11) is 1.36. The summed E-state index contributed by atoms with van der Waals surface area (Å²) < 4.78 is 4.61. The molecule has 0 bridgehead atoms. The lowest BCUT2D eigenvalue weighted by Crippen LogP contribution is -2.21. The highest BCUT2D eigenvalue weighted by Crippen LogP contribution is 2.12. The number of esters is 1. The second kappa shape index (κ2) is 7.55. The number of carbonyl (C=O) groups excluding carboxylic acids is 1. The Bertz CT molecular complexity index is 556. The van der Waals surface area contributed by atoms with Crippen LogP contribution in [0.3, 0.4) is 0 Å². The van der Waals surface area contributed by atoms with Crippen molar-refractivity contribution in [3.63, 3.8) is 0 Å². The number of nitrogens with zero attached hydrogens (tertiary/aromatic N) is 2. The molecule has 5 heteroatoms. The van der Waals surface area contributed by atoms with E-state index in [9.17, 15) is 4.79 Å². The summed E-state index contributed by atoms with van der Waals surface area (Å²) >= 11 is 0. The van der Waals surface area contributed by atoms with Crippen LogP contribution in [0.25, 0.3) is 10.9 Å². The maximum absolute atomic E-state index is 11.2. The van der Waals surface area contributed by atoms with E-state index in [1.807, 2.05) is 0 Å². The van der Waals surface area contributed by atoms with Crippen molar-refractivity contribution in [1.82, 2.24) is 15.3 Å². The Balaban J connectivity index is 0.000000205. The molecule has 1 N–H and O–H groups in total. The summed E-state index contributed by atoms with van der Waals surface area (Å²) in [4.78, 5) is 19.1. The summed E-state index contributed by atoms with van der Waals surface area (Å²) in [6.45, 7) is 2.50. The van der Waals surface area contributed by atoms with E-state index in [0.717, 1.165) is 10.9 Å². The van der Waals surface area contributed by atoms with Crippen LogP contribution in [0, 0.1) is 0 Å². The van der Waals surface area contributed by atoms with Crippen LogP contribution in [-0.4, -0.2) is 36.1 Å². The lowest BCUT2D eigenvalue weighted by atomic mass is 10.1. The SMILES string of the molecule is C1CCNCC1.COC(=O)c1ccc2ncncc2c1. The van der Waals surface area contributed by atoms with Gasteiger partial charge in [-0.15, -0.1) is 0 Å². The van der Waals surface area contributed by atoms with E-state index < -0.39 is 0 Å². The van der Waals surface area contributed by atoms with Crippen LogP contribution >= 0.6 is 0 Å². The Labute approximate surface area is 118 Å². The van der Waals surface area contributed by atoms with Gasteiger partial charge in [0.25, 0.3) is 0 Å². The van der Waals surface area contributed by atoms with Crippen LogP contribution in [0.1, 0.15) is 29.6 Å². The lowest BCUT2D eigenvalue weighted by molar-refractivity contribution is 0.0601. The third-order valence-corrected chi connectivity index (χ3v) is 3.13. The number of methoxy groups -OCH3 is 1. The number of carbonyl (C=O) groups is 1. The first kappa shape index (κ1) is 14.4. The predicted molar refractivity (Wildman–Crippen MR) is 77.6 cm³/mol. The van der Waals surface area contributed by atoms with Crippen molar-refractivity contribution in [3.05, 3.63) is 36.3 Å². The van der Waals surface area contributed by atoms with Crippen molar-refractivity contribution < 1.29 is 9.53 Å². The van der Waals surface area contributed by atoms with Crippen molar-refractivity contribution in [2.45, 2.75) is 19.3 Å². The number of nitrogens with one attached hydrogen (secondary N) is 1. The molecular formula is C15H19N3O2. The van der Waals surface area contributed by atoms with E-state index in [1.54, 1.807) is 24.4 Å². The summed E-state index contributed by atoms with van der Waals surface area (Å²) in [5.41, 5.74) is 1.32.